The van der Waals surface area contributed by atoms with E-state index in [4.69, 9.17) is 17.0 Å². The molecule has 0 spiro atoms. The predicted octanol–water partition coefficient (Wildman–Crippen LogP) is 17.1. The van der Waals surface area contributed by atoms with Gasteiger partial charge in [-0.05, 0) is 0 Å². The third kappa shape index (κ3) is 7.45. The zero-order valence-electron chi connectivity index (χ0n) is 34.6. The van der Waals surface area contributed by atoms with Crippen molar-refractivity contribution in [3.05, 3.63) is 129 Å². The van der Waals surface area contributed by atoms with Crippen LogP contribution in [0, 0.1) is 5.92 Å². The number of hydrogen-bond acceptors (Lipinski definition) is 0. The predicted molar refractivity (Wildman–Crippen MR) is 216 cm³/mol. The van der Waals surface area contributed by atoms with Gasteiger partial charge in [0.1, 0.15) is 0 Å². The fourth-order valence-corrected chi connectivity index (χ4v) is 42.1. The Morgan fingerprint density at radius 1 is 0.470 bits per heavy atom. The summed E-state index contributed by atoms with van der Waals surface area (Å²) in [6.07, 6.45) is -37.6. The minimum atomic E-state index is -6.83. The van der Waals surface area contributed by atoms with E-state index >= 15 is 0 Å². The van der Waals surface area contributed by atoms with Crippen LogP contribution in [0.5, 0.6) is 0 Å². The molecule has 22 heteroatoms. The van der Waals surface area contributed by atoms with Crippen molar-refractivity contribution in [2.24, 2.45) is 5.92 Å². The number of halogens is 20. The molecule has 4 aromatic rings. The zero-order chi connectivity index (χ0) is 50.0. The van der Waals surface area contributed by atoms with Gasteiger partial charge in [-0.1, -0.05) is 0 Å². The number of benzene rings is 4. The summed E-state index contributed by atoms with van der Waals surface area (Å²) < 4.78 is 250. The summed E-state index contributed by atoms with van der Waals surface area (Å²) in [5.41, 5.74) is -13.1. The Kier molecular flexibility index (Phi) is 12.8. The maximum absolute atomic E-state index is 14.0. The van der Waals surface area contributed by atoms with Crippen molar-refractivity contribution >= 4 is 35.1 Å². The van der Waals surface area contributed by atoms with Gasteiger partial charge in [-0.2, -0.15) is 0 Å². The van der Waals surface area contributed by atoms with Crippen molar-refractivity contribution in [2.45, 2.75) is 89.0 Å². The normalized spacial score (nSPS) is 18.6. The SMILES string of the molecule is CC1=Cc2c(-c3ccc(C(C(F)(F)F)(C(F)(F)F)C(F)(F)F)cc3)cccc2[CH]1[Zr]([Cl])([Cl])([CH]1C(C(C)C)=Cc2c(-c3ccc(C(C(F)(F)F)(C(F)(F)F)C(F)(F)F)cc3)cccc21)[SiH](C)C. The summed E-state index contributed by atoms with van der Waals surface area (Å²) in [6.45, 7) is 9.20. The molecule has 2 aliphatic carbocycles. The van der Waals surface area contributed by atoms with E-state index in [9.17, 15) is 79.0 Å². The molecule has 0 aliphatic heterocycles. The second kappa shape index (κ2) is 16.2. The van der Waals surface area contributed by atoms with Crippen LogP contribution in [0.25, 0.3) is 34.4 Å². The third-order valence-electron chi connectivity index (χ3n) is 13.1. The molecule has 0 N–H and O–H groups in total. The van der Waals surface area contributed by atoms with Crippen molar-refractivity contribution in [1.82, 2.24) is 0 Å². The molecule has 0 fully saturated rings. The second-order valence-electron chi connectivity index (χ2n) is 17.2. The number of hydrogen-bond donors (Lipinski definition) is 0. The van der Waals surface area contributed by atoms with E-state index in [2.05, 4.69) is 0 Å². The van der Waals surface area contributed by atoms with Crippen molar-refractivity contribution in [2.75, 3.05) is 0 Å². The van der Waals surface area contributed by atoms with E-state index in [0.29, 0.717) is 33.4 Å². The molecule has 0 bridgehead atoms. The fraction of sp³-hybridized carbons (Fsp3) is 0.364. The average Bonchev–Trinajstić information content (AvgIpc) is 3.72. The van der Waals surface area contributed by atoms with Crippen LogP contribution < -0.4 is 0 Å². The quantitative estimate of drug-likeness (QED) is 0.122. The molecular weight excluding hydrogens is 1060 g/mol. The standard InChI is InChI=1S/C22H16F9.C20H12F9.C2H7Si.2ClH.Zr/c1-12(2)15-10-14-4-3-5-17(18(14)11-15)13-6-8-16(9-7-13)19(20(23,24)25,21(26,27)28)22(29,30)31;1-11-9-13-3-2-4-15(16(13)10-11)12-5-7-14(8-6-12)17(18(21,22)23,19(24,25)26)20(27,28)29;1-3-2;;;/h3-12H,1-2H3;2-10H,1H3;3H,1-2H3;2*1H;/q;;;;;+2/p-2. The number of rotatable bonds is 8. The second-order valence-corrected chi connectivity index (χ2v) is 59.7. The van der Waals surface area contributed by atoms with Crippen molar-refractivity contribution in [3.63, 3.8) is 0 Å². The Balaban J connectivity index is 1.50. The Bertz CT molecular complexity index is 2500. The van der Waals surface area contributed by atoms with Gasteiger partial charge in [-0.3, -0.25) is 0 Å². The van der Waals surface area contributed by atoms with Gasteiger partial charge in [0.2, 0.25) is 0 Å². The molecule has 0 amide bonds. The average molecular weight is 1100 g/mol. The molecule has 2 aliphatic rings. The summed E-state index contributed by atoms with van der Waals surface area (Å²) in [5, 5.41) is 0. The molecule has 0 aromatic heterocycles. The summed E-state index contributed by atoms with van der Waals surface area (Å²) in [4.78, 5) is 0. The number of alkyl halides is 18. The van der Waals surface area contributed by atoms with E-state index in [1.165, 1.54) is 24.3 Å². The Hall–Kier alpha value is -3.22. The first kappa shape index (κ1) is 52.2. The van der Waals surface area contributed by atoms with Crippen LogP contribution in [0.1, 0.15) is 61.4 Å². The van der Waals surface area contributed by atoms with Crippen molar-refractivity contribution in [1.29, 1.82) is 0 Å². The van der Waals surface area contributed by atoms with Crippen LogP contribution in [0.15, 0.2) is 96.1 Å². The fourth-order valence-electron chi connectivity index (χ4n) is 9.91. The first-order valence-electron chi connectivity index (χ1n) is 19.7. The van der Waals surface area contributed by atoms with E-state index < -0.39 is 87.7 Å². The molecule has 66 heavy (non-hydrogen) atoms. The van der Waals surface area contributed by atoms with Gasteiger partial charge >= 0.3 is 376 Å². The minimum absolute atomic E-state index is 0.0346. The van der Waals surface area contributed by atoms with Gasteiger partial charge in [0.15, 0.2) is 0 Å². The van der Waals surface area contributed by atoms with Gasteiger partial charge in [0.25, 0.3) is 0 Å². The molecule has 0 heterocycles. The van der Waals surface area contributed by atoms with Crippen molar-refractivity contribution in [3.8, 4) is 22.3 Å². The number of fused-ring (bicyclic) bond motifs is 2. The first-order chi connectivity index (χ1) is 29.8. The van der Waals surface area contributed by atoms with Gasteiger partial charge in [-0.25, -0.2) is 0 Å². The molecule has 6 rings (SSSR count). The zero-order valence-corrected chi connectivity index (χ0v) is 39.7. The molecule has 2 unspecified atom stereocenters. The van der Waals surface area contributed by atoms with Gasteiger partial charge in [0.05, 0.1) is 0 Å². The van der Waals surface area contributed by atoms with E-state index in [-0.39, 0.29) is 52.4 Å². The monoisotopic (exact) mass is 1090 g/mol. The summed E-state index contributed by atoms with van der Waals surface area (Å²) in [5.74, 6) is -2.68. The number of allylic oxidation sites excluding steroid dienone is 2. The van der Waals surface area contributed by atoms with Gasteiger partial charge in [-0.15, -0.1) is 0 Å². The molecule has 0 saturated carbocycles. The molecule has 0 saturated heterocycles. The molecule has 4 aromatic carbocycles. The van der Waals surface area contributed by atoms with Crippen LogP contribution in [0.2, 0.25) is 13.1 Å². The summed E-state index contributed by atoms with van der Waals surface area (Å²) in [7, 11) is 16.5. The maximum atomic E-state index is 14.0. The summed E-state index contributed by atoms with van der Waals surface area (Å²) in [6, 6.07) is 12.8. The molecule has 2 atom stereocenters. The van der Waals surface area contributed by atoms with Crippen molar-refractivity contribution < 1.29 is 94.6 Å². The third-order valence-corrected chi connectivity index (χ3v) is 65.0. The molecular formula is C44H35Cl2F18SiZr. The van der Waals surface area contributed by atoms with E-state index in [1.54, 1.807) is 31.2 Å². The molecule has 0 nitrogen and oxygen atoms in total. The van der Waals surface area contributed by atoms with Gasteiger partial charge in [0, 0.05) is 0 Å². The van der Waals surface area contributed by atoms with Crippen LogP contribution in [-0.4, -0.2) is 43.0 Å². The Morgan fingerprint density at radius 3 is 1.09 bits per heavy atom. The topological polar surface area (TPSA) is 0 Å². The van der Waals surface area contributed by atoms with Gasteiger partial charge < -0.3 is 0 Å². The van der Waals surface area contributed by atoms with E-state index in [1.807, 2.05) is 26.9 Å². The summed E-state index contributed by atoms with van der Waals surface area (Å²) >= 11 is -5.74. The van der Waals surface area contributed by atoms with Crippen LogP contribution in [-0.2, 0) is 26.4 Å². The van der Waals surface area contributed by atoms with Crippen LogP contribution in [0.3, 0.4) is 0 Å². The van der Waals surface area contributed by atoms with Crippen LogP contribution in [0.4, 0.5) is 79.0 Å². The Morgan fingerprint density at radius 2 is 0.788 bits per heavy atom. The molecule has 0 radical (unpaired) electrons. The Labute approximate surface area is 374 Å². The first-order valence-corrected chi connectivity index (χ1v) is 36.0. The van der Waals surface area contributed by atoms with Crippen LogP contribution >= 0.6 is 17.0 Å². The van der Waals surface area contributed by atoms with E-state index in [0.717, 1.165) is 24.3 Å². The molecule has 359 valence electrons.